The summed E-state index contributed by atoms with van der Waals surface area (Å²) in [5.41, 5.74) is 3.24. The third-order valence-electron chi connectivity index (χ3n) is 3.13. The van der Waals surface area contributed by atoms with Crippen LogP contribution in [0.3, 0.4) is 0 Å². The smallest absolute Gasteiger partial charge is 0.271 e. The minimum Gasteiger partial charge on any atom is -0.493 e. The van der Waals surface area contributed by atoms with E-state index in [0.717, 1.165) is 0 Å². The largest absolute Gasteiger partial charge is 0.493 e. The number of carbonyl (C=O) groups excluding carboxylic acids is 1. The van der Waals surface area contributed by atoms with Gasteiger partial charge in [0.1, 0.15) is 0 Å². The molecule has 1 amide bonds. The van der Waals surface area contributed by atoms with Gasteiger partial charge in [0.15, 0.2) is 11.5 Å². The number of nitro groups is 1. The van der Waals surface area contributed by atoms with E-state index in [9.17, 15) is 14.9 Å². The van der Waals surface area contributed by atoms with Gasteiger partial charge in [-0.1, -0.05) is 0 Å². The Labute approximate surface area is 137 Å². The summed E-state index contributed by atoms with van der Waals surface area (Å²) in [5.74, 6) is 0.661. The Kier molecular flexibility index (Phi) is 5.45. The van der Waals surface area contributed by atoms with Crippen molar-refractivity contribution in [1.29, 1.82) is 0 Å². The van der Waals surface area contributed by atoms with Gasteiger partial charge < -0.3 is 9.47 Å². The molecule has 0 saturated carbocycles. The third kappa shape index (κ3) is 4.07. The van der Waals surface area contributed by atoms with Crippen LogP contribution in [0.1, 0.15) is 15.9 Å². The number of nitrogens with one attached hydrogen (secondary N) is 1. The highest BCUT2D eigenvalue weighted by Crippen LogP contribution is 2.26. The summed E-state index contributed by atoms with van der Waals surface area (Å²) in [7, 11) is 3.06. The fourth-order valence-electron chi connectivity index (χ4n) is 1.90. The van der Waals surface area contributed by atoms with Crippen molar-refractivity contribution in [1.82, 2.24) is 5.43 Å². The molecule has 0 heterocycles. The molecule has 0 bridgehead atoms. The van der Waals surface area contributed by atoms with Crippen molar-refractivity contribution >= 4 is 17.8 Å². The third-order valence-corrected chi connectivity index (χ3v) is 3.13. The van der Waals surface area contributed by atoms with Gasteiger partial charge in [0.25, 0.3) is 11.6 Å². The van der Waals surface area contributed by atoms with Crippen LogP contribution in [0.4, 0.5) is 5.69 Å². The number of benzene rings is 2. The molecule has 0 radical (unpaired) electrons. The zero-order valence-electron chi connectivity index (χ0n) is 13.1. The number of hydrogen-bond acceptors (Lipinski definition) is 6. The van der Waals surface area contributed by atoms with E-state index < -0.39 is 10.8 Å². The number of methoxy groups -OCH3 is 2. The van der Waals surface area contributed by atoms with Gasteiger partial charge in [-0.05, 0) is 35.9 Å². The highest BCUT2D eigenvalue weighted by molar-refractivity contribution is 5.95. The van der Waals surface area contributed by atoms with Crippen LogP contribution < -0.4 is 14.9 Å². The number of nitrogens with zero attached hydrogens (tertiary/aromatic N) is 2. The molecule has 0 aliphatic rings. The van der Waals surface area contributed by atoms with E-state index in [2.05, 4.69) is 10.5 Å². The topological polar surface area (TPSA) is 103 Å². The van der Waals surface area contributed by atoms with Crippen LogP contribution in [0.5, 0.6) is 11.5 Å². The van der Waals surface area contributed by atoms with Crippen molar-refractivity contribution in [3.63, 3.8) is 0 Å². The lowest BCUT2D eigenvalue weighted by atomic mass is 10.2. The monoisotopic (exact) mass is 329 g/mol. The standard InChI is InChI=1S/C16H15N3O5/c1-23-14-8-3-11(9-15(14)24-2)10-17-18-16(20)12-4-6-13(7-5-12)19(21)22/h3-10H,1-2H3,(H,18,20)/b17-10+. The number of amides is 1. The van der Waals surface area contributed by atoms with Crippen molar-refractivity contribution in [2.24, 2.45) is 5.10 Å². The number of non-ortho nitro benzene ring substituents is 1. The Morgan fingerprint density at radius 2 is 1.79 bits per heavy atom. The van der Waals surface area contributed by atoms with E-state index in [1.165, 1.54) is 44.7 Å². The predicted octanol–water partition coefficient (Wildman–Crippen LogP) is 2.38. The van der Waals surface area contributed by atoms with Crippen LogP contribution in [0.2, 0.25) is 0 Å². The van der Waals surface area contributed by atoms with Crippen LogP contribution in [0, 0.1) is 10.1 Å². The molecular formula is C16H15N3O5. The van der Waals surface area contributed by atoms with Crippen LogP contribution in [-0.2, 0) is 0 Å². The van der Waals surface area contributed by atoms with Gasteiger partial charge in [0.2, 0.25) is 0 Å². The fourth-order valence-corrected chi connectivity index (χ4v) is 1.90. The first-order valence-electron chi connectivity index (χ1n) is 6.85. The Morgan fingerprint density at radius 1 is 1.12 bits per heavy atom. The molecule has 24 heavy (non-hydrogen) atoms. The lowest BCUT2D eigenvalue weighted by molar-refractivity contribution is -0.384. The minimum atomic E-state index is -0.531. The molecule has 0 aliphatic heterocycles. The van der Waals surface area contributed by atoms with Gasteiger partial charge in [0.05, 0.1) is 25.4 Å². The second-order valence-electron chi connectivity index (χ2n) is 4.62. The zero-order valence-corrected chi connectivity index (χ0v) is 13.1. The van der Waals surface area contributed by atoms with Gasteiger partial charge in [-0.2, -0.15) is 5.10 Å². The Balaban J connectivity index is 2.03. The average molecular weight is 329 g/mol. The predicted molar refractivity (Wildman–Crippen MR) is 87.7 cm³/mol. The first-order valence-corrected chi connectivity index (χ1v) is 6.85. The van der Waals surface area contributed by atoms with E-state index >= 15 is 0 Å². The summed E-state index contributed by atoms with van der Waals surface area (Å²) in [4.78, 5) is 21.9. The number of hydrogen-bond donors (Lipinski definition) is 1. The molecule has 0 saturated heterocycles. The van der Waals surface area contributed by atoms with Crippen LogP contribution in [-0.4, -0.2) is 31.3 Å². The fraction of sp³-hybridized carbons (Fsp3) is 0.125. The molecule has 0 atom stereocenters. The highest BCUT2D eigenvalue weighted by atomic mass is 16.6. The molecule has 2 aromatic rings. The maximum Gasteiger partial charge on any atom is 0.271 e. The second kappa shape index (κ2) is 7.73. The minimum absolute atomic E-state index is 0.0830. The molecule has 0 aromatic heterocycles. The van der Waals surface area contributed by atoms with E-state index in [4.69, 9.17) is 9.47 Å². The van der Waals surface area contributed by atoms with Gasteiger partial charge in [-0.15, -0.1) is 0 Å². The second-order valence-corrected chi connectivity index (χ2v) is 4.62. The van der Waals surface area contributed by atoms with Gasteiger partial charge >= 0.3 is 0 Å². The normalized spacial score (nSPS) is 10.4. The van der Waals surface area contributed by atoms with E-state index in [1.54, 1.807) is 18.2 Å². The molecule has 0 spiro atoms. The van der Waals surface area contributed by atoms with Gasteiger partial charge in [-0.3, -0.25) is 14.9 Å². The molecule has 2 rings (SSSR count). The molecule has 2 aromatic carbocycles. The molecule has 0 unspecified atom stereocenters. The summed E-state index contributed by atoms with van der Waals surface area (Å²) >= 11 is 0. The molecule has 8 nitrogen and oxygen atoms in total. The molecule has 8 heteroatoms. The summed E-state index contributed by atoms with van der Waals surface area (Å²) in [5, 5.41) is 14.4. The molecule has 0 fully saturated rings. The number of hydrazone groups is 1. The van der Waals surface area contributed by atoms with Crippen molar-refractivity contribution < 1.29 is 19.2 Å². The molecular weight excluding hydrogens is 314 g/mol. The summed E-state index contributed by atoms with van der Waals surface area (Å²) in [6.07, 6.45) is 1.45. The molecule has 124 valence electrons. The lowest BCUT2D eigenvalue weighted by Gasteiger charge is -2.07. The van der Waals surface area contributed by atoms with Crippen molar-refractivity contribution in [2.75, 3.05) is 14.2 Å². The van der Waals surface area contributed by atoms with Crippen molar-refractivity contribution in [3.8, 4) is 11.5 Å². The number of nitro benzene ring substituents is 1. The number of ether oxygens (including phenoxy) is 2. The number of carbonyl (C=O) groups is 1. The zero-order chi connectivity index (χ0) is 17.5. The first kappa shape index (κ1) is 16.9. The Bertz CT molecular complexity index is 772. The van der Waals surface area contributed by atoms with E-state index in [0.29, 0.717) is 17.1 Å². The highest BCUT2D eigenvalue weighted by Gasteiger charge is 2.08. The first-order chi connectivity index (χ1) is 11.5. The maximum atomic E-state index is 11.9. The molecule has 0 aliphatic carbocycles. The SMILES string of the molecule is COc1ccc(/C=N/NC(=O)c2ccc([N+](=O)[O-])cc2)cc1OC. The van der Waals surface area contributed by atoms with E-state index in [1.807, 2.05) is 0 Å². The lowest BCUT2D eigenvalue weighted by Crippen LogP contribution is -2.17. The Hall–Kier alpha value is -3.42. The van der Waals surface area contributed by atoms with Crippen LogP contribution in [0.15, 0.2) is 47.6 Å². The van der Waals surface area contributed by atoms with E-state index in [-0.39, 0.29) is 11.3 Å². The number of rotatable bonds is 6. The van der Waals surface area contributed by atoms with Crippen molar-refractivity contribution in [2.45, 2.75) is 0 Å². The van der Waals surface area contributed by atoms with Gasteiger partial charge in [-0.25, -0.2) is 5.43 Å². The Morgan fingerprint density at radius 3 is 2.38 bits per heavy atom. The quantitative estimate of drug-likeness (QED) is 0.498. The van der Waals surface area contributed by atoms with Gasteiger partial charge in [0, 0.05) is 17.7 Å². The summed E-state index contributed by atoms with van der Waals surface area (Å²) in [6, 6.07) is 10.4. The van der Waals surface area contributed by atoms with Crippen molar-refractivity contribution in [3.05, 3.63) is 63.7 Å². The molecule has 1 N–H and O–H groups in total. The van der Waals surface area contributed by atoms with Crippen LogP contribution in [0.25, 0.3) is 0 Å². The maximum absolute atomic E-state index is 11.9. The summed E-state index contributed by atoms with van der Waals surface area (Å²) in [6.45, 7) is 0. The summed E-state index contributed by atoms with van der Waals surface area (Å²) < 4.78 is 10.3. The van der Waals surface area contributed by atoms with Crippen LogP contribution >= 0.6 is 0 Å². The average Bonchev–Trinajstić information content (AvgIpc) is 2.61.